The van der Waals surface area contributed by atoms with Crippen LogP contribution in [0.2, 0.25) is 0 Å². The number of carbonyl (C=O) groups excluding carboxylic acids is 2. The molecule has 0 spiro atoms. The van der Waals surface area contributed by atoms with Crippen molar-refractivity contribution in [2.45, 2.75) is 84.3 Å². The number of rotatable bonds is 6. The van der Waals surface area contributed by atoms with Gasteiger partial charge in [0.2, 0.25) is 11.8 Å². The highest BCUT2D eigenvalue weighted by atomic mass is 79.9. The van der Waals surface area contributed by atoms with Crippen molar-refractivity contribution in [2.75, 3.05) is 6.61 Å². The summed E-state index contributed by atoms with van der Waals surface area (Å²) in [6.07, 6.45) is 9.72. The number of fused-ring (bicyclic) bond motifs is 3. The highest BCUT2D eigenvalue weighted by Gasteiger charge is 2.58. The Hall–Kier alpha value is -1.92. The third-order valence-electron chi connectivity index (χ3n) is 8.81. The second-order valence-electron chi connectivity index (χ2n) is 11.5. The minimum absolute atomic E-state index is 0.0144. The first kappa shape index (κ1) is 25.7. The second kappa shape index (κ2) is 10.4. The molecule has 1 aromatic carbocycles. The maximum absolute atomic E-state index is 13.7. The fraction of sp³-hybridized carbons (Fsp3) is 0.600. The summed E-state index contributed by atoms with van der Waals surface area (Å²) in [5.74, 6) is 0.290. The Morgan fingerprint density at radius 1 is 1.17 bits per heavy atom. The van der Waals surface area contributed by atoms with Gasteiger partial charge in [0.05, 0.1) is 24.5 Å². The lowest BCUT2D eigenvalue weighted by molar-refractivity contribution is -0.143. The fourth-order valence-electron chi connectivity index (χ4n) is 7.02. The van der Waals surface area contributed by atoms with E-state index in [2.05, 4.69) is 36.7 Å². The van der Waals surface area contributed by atoms with Gasteiger partial charge in [-0.25, -0.2) is 0 Å². The lowest BCUT2D eigenvalue weighted by Crippen LogP contribution is -2.42. The van der Waals surface area contributed by atoms with Crippen LogP contribution in [-0.4, -0.2) is 40.6 Å². The number of aromatic hydroxyl groups is 1. The lowest BCUT2D eigenvalue weighted by atomic mass is 9.67. The summed E-state index contributed by atoms with van der Waals surface area (Å²) >= 11 is 3.48. The van der Waals surface area contributed by atoms with Crippen molar-refractivity contribution in [3.05, 3.63) is 45.0 Å². The SMILES string of the molecule is C/C(=C\c1cc(Br)ccc1O)CC[C@H]1OC[C@H]2C1=C(C(C)C)C[C@H]1C(=O)N(C3CCCCC3)C(=O)[C@H]12. The van der Waals surface area contributed by atoms with Crippen LogP contribution in [0, 0.1) is 23.7 Å². The number of hydrogen-bond acceptors (Lipinski definition) is 4. The molecule has 0 bridgehead atoms. The fourth-order valence-corrected chi connectivity index (χ4v) is 7.40. The number of nitrogens with zero attached hydrogens (tertiary/aromatic N) is 1. The zero-order valence-electron chi connectivity index (χ0n) is 21.6. The molecule has 3 fully saturated rings. The molecule has 1 N–H and O–H groups in total. The Morgan fingerprint density at radius 2 is 1.92 bits per heavy atom. The van der Waals surface area contributed by atoms with E-state index in [1.165, 1.54) is 23.1 Å². The van der Waals surface area contributed by atoms with Gasteiger partial charge in [-0.3, -0.25) is 14.5 Å². The molecule has 5 nitrogen and oxygen atoms in total. The molecule has 194 valence electrons. The van der Waals surface area contributed by atoms with Crippen LogP contribution in [0.4, 0.5) is 0 Å². The number of likely N-dealkylation sites (tertiary alicyclic amines) is 1. The Labute approximate surface area is 223 Å². The first-order valence-electron chi connectivity index (χ1n) is 13.6. The van der Waals surface area contributed by atoms with E-state index in [0.717, 1.165) is 48.6 Å². The molecule has 0 aromatic heterocycles. The zero-order chi connectivity index (χ0) is 25.6. The number of allylic oxidation sites excluding steroid dienone is 2. The highest BCUT2D eigenvalue weighted by molar-refractivity contribution is 9.10. The number of halogens is 1. The Bertz CT molecular complexity index is 1100. The van der Waals surface area contributed by atoms with Crippen LogP contribution in [0.3, 0.4) is 0 Å². The summed E-state index contributed by atoms with van der Waals surface area (Å²) in [7, 11) is 0. The van der Waals surface area contributed by atoms with Gasteiger partial charge in [-0.15, -0.1) is 0 Å². The molecule has 2 aliphatic carbocycles. The minimum atomic E-state index is -0.253. The van der Waals surface area contributed by atoms with E-state index < -0.39 is 0 Å². The van der Waals surface area contributed by atoms with Crippen LogP contribution in [0.1, 0.15) is 77.7 Å². The number of phenols is 1. The predicted molar refractivity (Wildman–Crippen MR) is 144 cm³/mol. The number of hydrogen-bond donors (Lipinski definition) is 1. The second-order valence-corrected chi connectivity index (χ2v) is 12.4. The maximum Gasteiger partial charge on any atom is 0.234 e. The molecule has 6 heteroatoms. The maximum atomic E-state index is 13.7. The number of ether oxygens (including phenoxy) is 1. The van der Waals surface area contributed by atoms with Gasteiger partial charge >= 0.3 is 0 Å². The molecular formula is C30H38BrNO4. The summed E-state index contributed by atoms with van der Waals surface area (Å²) in [6.45, 7) is 7.03. The van der Waals surface area contributed by atoms with Gasteiger partial charge < -0.3 is 9.84 Å². The third kappa shape index (κ3) is 4.71. The van der Waals surface area contributed by atoms with E-state index >= 15 is 0 Å². The Morgan fingerprint density at radius 3 is 2.64 bits per heavy atom. The predicted octanol–water partition coefficient (Wildman–Crippen LogP) is 6.64. The van der Waals surface area contributed by atoms with Gasteiger partial charge in [0, 0.05) is 22.0 Å². The van der Waals surface area contributed by atoms with E-state index in [4.69, 9.17) is 4.74 Å². The van der Waals surface area contributed by atoms with Crippen LogP contribution in [0.15, 0.2) is 39.4 Å². The van der Waals surface area contributed by atoms with Gasteiger partial charge in [-0.2, -0.15) is 0 Å². The van der Waals surface area contributed by atoms with Crippen molar-refractivity contribution in [2.24, 2.45) is 23.7 Å². The molecule has 1 aromatic rings. The van der Waals surface area contributed by atoms with Crippen molar-refractivity contribution in [1.82, 2.24) is 4.90 Å². The normalized spacial score (nSPS) is 29.4. The van der Waals surface area contributed by atoms with Crippen molar-refractivity contribution < 1.29 is 19.4 Å². The molecule has 5 rings (SSSR count). The monoisotopic (exact) mass is 555 g/mol. The standard InChI is InChI=1S/C30H38BrNO4/c1-17(2)22-15-23-28(30(35)32(29(23)34)21-7-5-4-6-8-21)24-16-36-26(27(22)24)12-9-18(3)13-19-14-20(31)10-11-25(19)33/h10-11,13-14,17,21,23-24,26,28,33H,4-9,12,15-16H2,1-3H3/b18-13+/t23-,24+,26-,28-/m1/s1. The van der Waals surface area contributed by atoms with E-state index in [1.54, 1.807) is 11.0 Å². The van der Waals surface area contributed by atoms with E-state index in [9.17, 15) is 14.7 Å². The van der Waals surface area contributed by atoms with E-state index in [1.807, 2.05) is 18.2 Å². The first-order valence-corrected chi connectivity index (χ1v) is 14.4. The molecule has 2 heterocycles. The first-order chi connectivity index (χ1) is 17.3. The van der Waals surface area contributed by atoms with Crippen molar-refractivity contribution >= 4 is 33.8 Å². The largest absolute Gasteiger partial charge is 0.507 e. The van der Waals surface area contributed by atoms with Crippen LogP contribution < -0.4 is 0 Å². The number of benzene rings is 1. The minimum Gasteiger partial charge on any atom is -0.507 e. The molecular weight excluding hydrogens is 518 g/mol. The Kier molecular flexibility index (Phi) is 7.46. The Balaban J connectivity index is 1.35. The summed E-state index contributed by atoms with van der Waals surface area (Å²) in [6, 6.07) is 5.54. The highest BCUT2D eigenvalue weighted by Crippen LogP contribution is 2.52. The molecule has 1 saturated carbocycles. The average Bonchev–Trinajstić information content (AvgIpc) is 3.38. The van der Waals surface area contributed by atoms with E-state index in [-0.39, 0.29) is 47.5 Å². The summed E-state index contributed by atoms with van der Waals surface area (Å²) in [4.78, 5) is 28.9. The molecule has 2 amide bonds. The number of amides is 2. The molecule has 4 atom stereocenters. The zero-order valence-corrected chi connectivity index (χ0v) is 23.2. The molecule has 36 heavy (non-hydrogen) atoms. The van der Waals surface area contributed by atoms with Gasteiger partial charge in [0.15, 0.2) is 0 Å². The van der Waals surface area contributed by atoms with Crippen molar-refractivity contribution in [1.29, 1.82) is 0 Å². The topological polar surface area (TPSA) is 66.8 Å². The summed E-state index contributed by atoms with van der Waals surface area (Å²) in [5, 5.41) is 10.2. The lowest BCUT2D eigenvalue weighted by Gasteiger charge is -2.33. The van der Waals surface area contributed by atoms with Gasteiger partial charge in [-0.05, 0) is 68.7 Å². The van der Waals surface area contributed by atoms with Crippen molar-refractivity contribution in [3.8, 4) is 5.75 Å². The quantitative estimate of drug-likeness (QED) is 0.315. The number of imide groups is 1. The molecule has 0 radical (unpaired) electrons. The van der Waals surface area contributed by atoms with E-state index in [0.29, 0.717) is 18.9 Å². The van der Waals surface area contributed by atoms with Crippen LogP contribution in [0.25, 0.3) is 6.08 Å². The number of carbonyl (C=O) groups is 2. The van der Waals surface area contributed by atoms with Crippen molar-refractivity contribution in [3.63, 3.8) is 0 Å². The molecule has 4 aliphatic rings. The smallest absolute Gasteiger partial charge is 0.234 e. The van der Waals surface area contributed by atoms with Crippen LogP contribution >= 0.6 is 15.9 Å². The third-order valence-corrected chi connectivity index (χ3v) is 9.30. The summed E-state index contributed by atoms with van der Waals surface area (Å²) < 4.78 is 7.31. The molecule has 2 saturated heterocycles. The van der Waals surface area contributed by atoms with Gasteiger partial charge in [0.25, 0.3) is 0 Å². The number of phenolic OH excluding ortho intramolecular Hbond substituents is 1. The average molecular weight is 557 g/mol. The summed E-state index contributed by atoms with van der Waals surface area (Å²) in [5.41, 5.74) is 4.61. The van der Waals surface area contributed by atoms with Crippen LogP contribution in [0.5, 0.6) is 5.75 Å². The molecule has 0 unspecified atom stereocenters. The molecule has 2 aliphatic heterocycles. The van der Waals surface area contributed by atoms with Crippen LogP contribution in [-0.2, 0) is 14.3 Å². The van der Waals surface area contributed by atoms with Gasteiger partial charge in [-0.1, -0.05) is 66.3 Å². The van der Waals surface area contributed by atoms with Gasteiger partial charge in [0.1, 0.15) is 5.75 Å².